The van der Waals surface area contributed by atoms with E-state index >= 15 is 0 Å². The monoisotopic (exact) mass is 385 g/mol. The van der Waals surface area contributed by atoms with Gasteiger partial charge in [-0.25, -0.2) is 4.79 Å². The summed E-state index contributed by atoms with van der Waals surface area (Å²) in [7, 11) is 0. The van der Waals surface area contributed by atoms with Crippen molar-refractivity contribution in [3.8, 4) is 17.2 Å². The zero-order chi connectivity index (χ0) is 19.9. The van der Waals surface area contributed by atoms with Gasteiger partial charge < -0.3 is 24.3 Å². The first kappa shape index (κ1) is 19.5. The zero-order valence-corrected chi connectivity index (χ0v) is 15.9. The van der Waals surface area contributed by atoms with E-state index in [0.717, 1.165) is 12.8 Å². The molecule has 0 unspecified atom stereocenters. The molecule has 0 bridgehead atoms. The van der Waals surface area contributed by atoms with Crippen molar-refractivity contribution >= 4 is 17.6 Å². The molecule has 0 saturated carbocycles. The van der Waals surface area contributed by atoms with Crippen LogP contribution in [0.4, 0.5) is 5.69 Å². The van der Waals surface area contributed by atoms with Crippen LogP contribution in [0.1, 0.15) is 37.0 Å². The Morgan fingerprint density at radius 2 is 1.86 bits per heavy atom. The number of fused-ring (bicyclic) bond motifs is 1. The van der Waals surface area contributed by atoms with Gasteiger partial charge in [0.25, 0.3) is 5.91 Å². The van der Waals surface area contributed by atoms with Crippen LogP contribution in [0.5, 0.6) is 17.2 Å². The van der Waals surface area contributed by atoms with Gasteiger partial charge in [0.2, 0.25) is 6.79 Å². The normalized spacial score (nSPS) is 12.9. The molecule has 7 nitrogen and oxygen atoms in total. The summed E-state index contributed by atoms with van der Waals surface area (Å²) in [5, 5.41) is 2.69. The van der Waals surface area contributed by atoms with Gasteiger partial charge >= 0.3 is 5.97 Å². The van der Waals surface area contributed by atoms with Crippen LogP contribution in [0.2, 0.25) is 0 Å². The molecule has 1 aliphatic rings. The Kier molecular flexibility index (Phi) is 6.37. The highest BCUT2D eigenvalue weighted by Crippen LogP contribution is 2.34. The van der Waals surface area contributed by atoms with E-state index in [9.17, 15) is 9.59 Å². The molecule has 3 rings (SSSR count). The van der Waals surface area contributed by atoms with Crippen molar-refractivity contribution in [2.45, 2.75) is 32.8 Å². The van der Waals surface area contributed by atoms with Gasteiger partial charge in [0, 0.05) is 11.8 Å². The fourth-order valence-corrected chi connectivity index (χ4v) is 2.52. The van der Waals surface area contributed by atoms with E-state index in [4.69, 9.17) is 18.9 Å². The average Bonchev–Trinajstić information content (AvgIpc) is 3.16. The molecule has 7 heteroatoms. The van der Waals surface area contributed by atoms with Crippen molar-refractivity contribution < 1.29 is 28.5 Å². The lowest BCUT2D eigenvalue weighted by atomic mass is 10.2. The van der Waals surface area contributed by atoms with E-state index in [1.807, 2.05) is 0 Å². The van der Waals surface area contributed by atoms with Gasteiger partial charge in [-0.1, -0.05) is 13.3 Å². The van der Waals surface area contributed by atoms with Crippen LogP contribution in [0, 0.1) is 0 Å². The molecule has 1 atom stereocenters. The second-order valence-corrected chi connectivity index (χ2v) is 6.33. The Hall–Kier alpha value is -3.22. The highest BCUT2D eigenvalue weighted by atomic mass is 16.7. The third-order valence-electron chi connectivity index (χ3n) is 4.15. The number of rotatable bonds is 8. The second kappa shape index (κ2) is 9.12. The third kappa shape index (κ3) is 4.94. The molecule has 148 valence electrons. The lowest BCUT2D eigenvalue weighted by molar-refractivity contribution is -0.123. The van der Waals surface area contributed by atoms with Gasteiger partial charge in [0.1, 0.15) is 5.75 Å². The number of ether oxygens (including phenoxy) is 4. The first-order valence-electron chi connectivity index (χ1n) is 9.21. The molecule has 0 aliphatic carbocycles. The summed E-state index contributed by atoms with van der Waals surface area (Å²) in [6.07, 6.45) is 1.06. The molecule has 1 amide bonds. The van der Waals surface area contributed by atoms with Gasteiger partial charge in [-0.05, 0) is 49.7 Å². The Labute approximate surface area is 163 Å². The average molecular weight is 385 g/mol. The summed E-state index contributed by atoms with van der Waals surface area (Å²) in [6, 6.07) is 11.7. The lowest BCUT2D eigenvalue weighted by Crippen LogP contribution is -2.30. The maximum absolute atomic E-state index is 12.3. The number of carbonyl (C=O) groups is 2. The molecular weight excluding hydrogens is 362 g/mol. The Balaban J connectivity index is 1.52. The number of carbonyl (C=O) groups excluding carboxylic acids is 2. The molecule has 1 aliphatic heterocycles. The van der Waals surface area contributed by atoms with Crippen LogP contribution >= 0.6 is 0 Å². The molecule has 2 aromatic rings. The van der Waals surface area contributed by atoms with Crippen LogP contribution in [-0.2, 0) is 9.53 Å². The van der Waals surface area contributed by atoms with Gasteiger partial charge in [-0.2, -0.15) is 0 Å². The van der Waals surface area contributed by atoms with E-state index < -0.39 is 18.0 Å². The first-order valence-corrected chi connectivity index (χ1v) is 9.21. The summed E-state index contributed by atoms with van der Waals surface area (Å²) in [6.45, 7) is 4.40. The molecule has 1 heterocycles. The zero-order valence-electron chi connectivity index (χ0n) is 15.9. The summed E-state index contributed by atoms with van der Waals surface area (Å²) >= 11 is 0. The number of hydrogen-bond donors (Lipinski definition) is 1. The summed E-state index contributed by atoms with van der Waals surface area (Å²) in [5.74, 6) is 0.863. The van der Waals surface area contributed by atoms with E-state index in [-0.39, 0.29) is 6.79 Å². The molecule has 1 N–H and O–H groups in total. The van der Waals surface area contributed by atoms with Crippen molar-refractivity contribution in [1.29, 1.82) is 0 Å². The van der Waals surface area contributed by atoms with E-state index in [1.54, 1.807) is 42.5 Å². The van der Waals surface area contributed by atoms with Gasteiger partial charge in [0.05, 0.1) is 12.2 Å². The topological polar surface area (TPSA) is 83.1 Å². The standard InChI is InChI=1S/C21H23NO6/c1-3-4-11-25-17-8-5-15(6-9-17)21(24)28-14(2)20(23)22-16-7-10-18-19(12-16)27-13-26-18/h5-10,12,14H,3-4,11,13H2,1-2H3,(H,22,23)/t14-/m0/s1. The largest absolute Gasteiger partial charge is 0.494 e. The van der Waals surface area contributed by atoms with Crippen LogP contribution in [-0.4, -0.2) is 31.4 Å². The Morgan fingerprint density at radius 3 is 2.61 bits per heavy atom. The van der Waals surface area contributed by atoms with Gasteiger partial charge in [0.15, 0.2) is 17.6 Å². The summed E-state index contributed by atoms with van der Waals surface area (Å²) in [5.41, 5.74) is 0.885. The van der Waals surface area contributed by atoms with E-state index in [1.165, 1.54) is 6.92 Å². The Morgan fingerprint density at radius 1 is 1.11 bits per heavy atom. The minimum atomic E-state index is -0.960. The molecule has 0 fully saturated rings. The predicted molar refractivity (Wildman–Crippen MR) is 103 cm³/mol. The van der Waals surface area contributed by atoms with E-state index in [0.29, 0.717) is 35.1 Å². The van der Waals surface area contributed by atoms with Gasteiger partial charge in [-0.3, -0.25) is 4.79 Å². The molecule has 2 aromatic carbocycles. The minimum Gasteiger partial charge on any atom is -0.494 e. The van der Waals surface area contributed by atoms with Crippen LogP contribution < -0.4 is 19.5 Å². The number of benzene rings is 2. The number of anilines is 1. The van der Waals surface area contributed by atoms with E-state index in [2.05, 4.69) is 12.2 Å². The summed E-state index contributed by atoms with van der Waals surface area (Å²) in [4.78, 5) is 24.6. The number of esters is 1. The summed E-state index contributed by atoms with van der Waals surface area (Å²) < 4.78 is 21.3. The third-order valence-corrected chi connectivity index (χ3v) is 4.15. The molecule has 0 aromatic heterocycles. The maximum atomic E-state index is 12.3. The first-order chi connectivity index (χ1) is 13.6. The lowest BCUT2D eigenvalue weighted by Gasteiger charge is -2.14. The number of hydrogen-bond acceptors (Lipinski definition) is 6. The molecule has 0 saturated heterocycles. The van der Waals surface area contributed by atoms with Crippen molar-refractivity contribution in [2.75, 3.05) is 18.7 Å². The fraction of sp³-hybridized carbons (Fsp3) is 0.333. The number of amides is 1. The molecular formula is C21H23NO6. The SMILES string of the molecule is CCCCOc1ccc(C(=O)O[C@@H](C)C(=O)Nc2ccc3c(c2)OCO3)cc1. The fourth-order valence-electron chi connectivity index (χ4n) is 2.52. The molecule has 28 heavy (non-hydrogen) atoms. The van der Waals surface area contributed by atoms with Crippen LogP contribution in [0.25, 0.3) is 0 Å². The molecule has 0 radical (unpaired) electrons. The van der Waals surface area contributed by atoms with Crippen LogP contribution in [0.15, 0.2) is 42.5 Å². The highest BCUT2D eigenvalue weighted by Gasteiger charge is 2.20. The highest BCUT2D eigenvalue weighted by molar-refractivity contribution is 5.97. The van der Waals surface area contributed by atoms with Crippen molar-refractivity contribution in [3.63, 3.8) is 0 Å². The van der Waals surface area contributed by atoms with Crippen molar-refractivity contribution in [2.24, 2.45) is 0 Å². The number of nitrogens with one attached hydrogen (secondary N) is 1. The van der Waals surface area contributed by atoms with Crippen LogP contribution in [0.3, 0.4) is 0 Å². The van der Waals surface area contributed by atoms with Crippen molar-refractivity contribution in [1.82, 2.24) is 0 Å². The predicted octanol–water partition coefficient (Wildman–Crippen LogP) is 3.78. The van der Waals surface area contributed by atoms with Crippen molar-refractivity contribution in [3.05, 3.63) is 48.0 Å². The molecule has 0 spiro atoms. The van der Waals surface area contributed by atoms with Gasteiger partial charge in [-0.15, -0.1) is 0 Å². The smallest absolute Gasteiger partial charge is 0.338 e. The second-order valence-electron chi connectivity index (χ2n) is 6.33. The number of unbranched alkanes of at least 4 members (excludes halogenated alkanes) is 1. The minimum absolute atomic E-state index is 0.156. The quantitative estimate of drug-likeness (QED) is 0.550. The maximum Gasteiger partial charge on any atom is 0.338 e. The Bertz CT molecular complexity index is 833.